The highest BCUT2D eigenvalue weighted by molar-refractivity contribution is 6.30. The highest BCUT2D eigenvalue weighted by Crippen LogP contribution is 2.19. The van der Waals surface area contributed by atoms with Gasteiger partial charge in [0.05, 0.1) is 0 Å². The van der Waals surface area contributed by atoms with Crippen LogP contribution in [-0.4, -0.2) is 29.3 Å². The number of hydrogen-bond donors (Lipinski definition) is 1. The normalized spacial score (nSPS) is 11.6. The van der Waals surface area contributed by atoms with Gasteiger partial charge in [-0.05, 0) is 48.6 Å². The molecule has 0 spiro atoms. The van der Waals surface area contributed by atoms with Crippen LogP contribution in [0.2, 0.25) is 5.02 Å². The molecule has 0 aromatic heterocycles. The van der Waals surface area contributed by atoms with E-state index in [1.165, 1.54) is 5.56 Å². The molecular weight excluding hydrogens is 444 g/mol. The van der Waals surface area contributed by atoms with Crippen LogP contribution in [-0.2, 0) is 29.0 Å². The van der Waals surface area contributed by atoms with Gasteiger partial charge >= 0.3 is 0 Å². The van der Waals surface area contributed by atoms with Crippen molar-refractivity contribution in [2.24, 2.45) is 0 Å². The first-order chi connectivity index (χ1) is 16.5. The van der Waals surface area contributed by atoms with Crippen LogP contribution in [0.15, 0.2) is 78.9 Å². The fraction of sp³-hybridized carbons (Fsp3) is 0.310. The molecule has 0 bridgehead atoms. The number of nitrogens with zero attached hydrogens (tertiary/aromatic N) is 1. The Labute approximate surface area is 207 Å². The molecule has 0 fully saturated rings. The second-order valence-corrected chi connectivity index (χ2v) is 9.07. The molecule has 3 aromatic rings. The van der Waals surface area contributed by atoms with E-state index in [1.807, 2.05) is 68.4 Å². The Kier molecular flexibility index (Phi) is 9.72. The fourth-order valence-electron chi connectivity index (χ4n) is 3.90. The van der Waals surface area contributed by atoms with E-state index in [4.69, 9.17) is 11.6 Å². The summed E-state index contributed by atoms with van der Waals surface area (Å²) < 4.78 is 0. The average Bonchev–Trinajstić information content (AvgIpc) is 2.85. The Morgan fingerprint density at radius 2 is 1.62 bits per heavy atom. The summed E-state index contributed by atoms with van der Waals surface area (Å²) in [6.45, 7) is 4.96. The SMILES string of the molecule is CCCNC(=O)[C@H](Cc1ccccc1)N(Cc1cccc(Cl)c1)C(=O)CCc1ccc(C)cc1. The molecule has 0 saturated carbocycles. The third kappa shape index (κ3) is 7.74. The summed E-state index contributed by atoms with van der Waals surface area (Å²) in [5, 5.41) is 3.62. The van der Waals surface area contributed by atoms with E-state index in [0.717, 1.165) is 23.1 Å². The van der Waals surface area contributed by atoms with Crippen molar-refractivity contribution in [1.29, 1.82) is 0 Å². The molecule has 0 heterocycles. The van der Waals surface area contributed by atoms with Gasteiger partial charge in [-0.1, -0.05) is 90.8 Å². The summed E-state index contributed by atoms with van der Waals surface area (Å²) in [7, 11) is 0. The standard InChI is InChI=1S/C29H33ClN2O2/c1-3-18-31-29(34)27(20-24-8-5-4-6-9-24)32(21-25-10-7-11-26(30)19-25)28(33)17-16-23-14-12-22(2)13-15-23/h4-15,19,27H,3,16-18,20-21H2,1-2H3,(H,31,34)/t27-/m0/s1. The van der Waals surface area contributed by atoms with Crippen LogP contribution in [0.25, 0.3) is 0 Å². The number of aryl methyl sites for hydroxylation is 2. The van der Waals surface area contributed by atoms with Crippen molar-refractivity contribution < 1.29 is 9.59 Å². The molecule has 0 unspecified atom stereocenters. The van der Waals surface area contributed by atoms with E-state index in [9.17, 15) is 9.59 Å². The summed E-state index contributed by atoms with van der Waals surface area (Å²) in [6, 6.07) is 24.9. The lowest BCUT2D eigenvalue weighted by atomic mass is 10.0. The average molecular weight is 477 g/mol. The van der Waals surface area contributed by atoms with E-state index in [0.29, 0.717) is 37.4 Å². The van der Waals surface area contributed by atoms with Gasteiger partial charge in [0.25, 0.3) is 0 Å². The molecule has 34 heavy (non-hydrogen) atoms. The maximum absolute atomic E-state index is 13.6. The minimum atomic E-state index is -0.613. The molecule has 1 N–H and O–H groups in total. The summed E-state index contributed by atoms with van der Waals surface area (Å²) in [6.07, 6.45) is 2.24. The van der Waals surface area contributed by atoms with Crippen molar-refractivity contribution >= 4 is 23.4 Å². The molecule has 4 nitrogen and oxygen atoms in total. The molecule has 0 aliphatic rings. The van der Waals surface area contributed by atoms with Crippen LogP contribution >= 0.6 is 11.6 Å². The molecule has 0 aliphatic carbocycles. The predicted octanol–water partition coefficient (Wildman–Crippen LogP) is 5.75. The first-order valence-electron chi connectivity index (χ1n) is 11.9. The molecule has 0 radical (unpaired) electrons. The van der Waals surface area contributed by atoms with Gasteiger partial charge in [0.1, 0.15) is 6.04 Å². The Hall–Kier alpha value is -3.11. The van der Waals surface area contributed by atoms with Gasteiger partial charge < -0.3 is 10.2 Å². The Morgan fingerprint density at radius 1 is 0.912 bits per heavy atom. The molecule has 5 heteroatoms. The Bertz CT molecular complexity index is 1070. The smallest absolute Gasteiger partial charge is 0.243 e. The first kappa shape index (κ1) is 25.5. The quantitative estimate of drug-likeness (QED) is 0.383. The van der Waals surface area contributed by atoms with Crippen LogP contribution in [0.5, 0.6) is 0 Å². The fourth-order valence-corrected chi connectivity index (χ4v) is 4.11. The number of carbonyl (C=O) groups is 2. The third-order valence-corrected chi connectivity index (χ3v) is 6.05. The second-order valence-electron chi connectivity index (χ2n) is 8.63. The van der Waals surface area contributed by atoms with Crippen LogP contribution in [0, 0.1) is 6.92 Å². The van der Waals surface area contributed by atoms with Crippen LogP contribution < -0.4 is 5.32 Å². The maximum atomic E-state index is 13.6. The minimum absolute atomic E-state index is 0.0480. The lowest BCUT2D eigenvalue weighted by Gasteiger charge is -2.31. The van der Waals surface area contributed by atoms with E-state index in [2.05, 4.69) is 29.6 Å². The lowest BCUT2D eigenvalue weighted by molar-refractivity contribution is -0.141. The van der Waals surface area contributed by atoms with Crippen LogP contribution in [0.3, 0.4) is 0 Å². The molecule has 0 aliphatic heterocycles. The van der Waals surface area contributed by atoms with Crippen molar-refractivity contribution in [3.05, 3.63) is 106 Å². The van der Waals surface area contributed by atoms with Gasteiger partial charge in [-0.2, -0.15) is 0 Å². The van der Waals surface area contributed by atoms with Gasteiger partial charge in [-0.15, -0.1) is 0 Å². The highest BCUT2D eigenvalue weighted by Gasteiger charge is 2.30. The number of benzene rings is 3. The number of hydrogen-bond acceptors (Lipinski definition) is 2. The van der Waals surface area contributed by atoms with Gasteiger partial charge in [-0.25, -0.2) is 0 Å². The molecule has 1 atom stereocenters. The van der Waals surface area contributed by atoms with Gasteiger partial charge in [0.2, 0.25) is 11.8 Å². The van der Waals surface area contributed by atoms with Crippen LogP contribution in [0.4, 0.5) is 0 Å². The van der Waals surface area contributed by atoms with Crippen molar-refractivity contribution in [2.45, 2.75) is 52.1 Å². The Balaban J connectivity index is 1.88. The number of rotatable bonds is 11. The third-order valence-electron chi connectivity index (χ3n) is 5.81. The number of amides is 2. The topological polar surface area (TPSA) is 49.4 Å². The zero-order valence-electron chi connectivity index (χ0n) is 20.0. The van der Waals surface area contributed by atoms with Gasteiger partial charge in [0.15, 0.2) is 0 Å². The lowest BCUT2D eigenvalue weighted by Crippen LogP contribution is -2.50. The highest BCUT2D eigenvalue weighted by atomic mass is 35.5. The first-order valence-corrected chi connectivity index (χ1v) is 12.2. The summed E-state index contributed by atoms with van der Waals surface area (Å²) in [5.74, 6) is -0.176. The number of carbonyl (C=O) groups excluding carboxylic acids is 2. The largest absolute Gasteiger partial charge is 0.354 e. The molecule has 3 aromatic carbocycles. The molecule has 2 amide bonds. The summed E-state index contributed by atoms with van der Waals surface area (Å²) in [4.78, 5) is 28.6. The van der Waals surface area contributed by atoms with Crippen molar-refractivity contribution in [3.8, 4) is 0 Å². The van der Waals surface area contributed by atoms with Gasteiger partial charge in [-0.3, -0.25) is 9.59 Å². The minimum Gasteiger partial charge on any atom is -0.354 e. The Morgan fingerprint density at radius 3 is 2.29 bits per heavy atom. The molecule has 178 valence electrons. The van der Waals surface area contributed by atoms with E-state index < -0.39 is 6.04 Å². The molecule has 3 rings (SSSR count). The van der Waals surface area contributed by atoms with E-state index in [1.54, 1.807) is 4.90 Å². The number of halogens is 1. The summed E-state index contributed by atoms with van der Waals surface area (Å²) >= 11 is 6.22. The van der Waals surface area contributed by atoms with E-state index >= 15 is 0 Å². The van der Waals surface area contributed by atoms with E-state index in [-0.39, 0.29) is 11.8 Å². The molecular formula is C29H33ClN2O2. The number of nitrogens with one attached hydrogen (secondary N) is 1. The second kappa shape index (κ2) is 13.0. The predicted molar refractivity (Wildman–Crippen MR) is 139 cm³/mol. The van der Waals surface area contributed by atoms with Crippen LogP contribution in [0.1, 0.15) is 42.0 Å². The summed E-state index contributed by atoms with van der Waals surface area (Å²) in [5.41, 5.74) is 4.21. The zero-order chi connectivity index (χ0) is 24.3. The van der Waals surface area contributed by atoms with Crippen molar-refractivity contribution in [2.75, 3.05) is 6.54 Å². The zero-order valence-corrected chi connectivity index (χ0v) is 20.7. The van der Waals surface area contributed by atoms with Gasteiger partial charge in [0, 0.05) is 31.0 Å². The van der Waals surface area contributed by atoms with Crippen molar-refractivity contribution in [1.82, 2.24) is 10.2 Å². The maximum Gasteiger partial charge on any atom is 0.243 e. The monoisotopic (exact) mass is 476 g/mol. The molecule has 0 saturated heterocycles. The van der Waals surface area contributed by atoms with Crippen molar-refractivity contribution in [3.63, 3.8) is 0 Å².